The van der Waals surface area contributed by atoms with Crippen LogP contribution in [0.4, 0.5) is 0 Å². The highest BCUT2D eigenvalue weighted by molar-refractivity contribution is 5.72. The molecule has 0 heteroatoms. The minimum absolute atomic E-state index is 0.341. The fraction of sp³-hybridized carbons (Fsp3) is 0.158. The first-order valence-corrected chi connectivity index (χ1v) is 6.58. The van der Waals surface area contributed by atoms with Crippen molar-refractivity contribution in [2.75, 3.05) is 0 Å². The van der Waals surface area contributed by atoms with Crippen LogP contribution in [0.1, 0.15) is 18.9 Å². The maximum absolute atomic E-state index is 3.95. The number of hydrogen-bond donors (Lipinski definition) is 0. The fourth-order valence-corrected chi connectivity index (χ4v) is 2.40. The molecule has 0 aliphatic heterocycles. The van der Waals surface area contributed by atoms with E-state index in [0.717, 1.165) is 11.6 Å². The Bertz CT molecular complexity index is 716. The third-order valence-corrected chi connectivity index (χ3v) is 3.38. The van der Waals surface area contributed by atoms with Crippen molar-refractivity contribution in [3.8, 4) is 0 Å². The van der Waals surface area contributed by atoms with E-state index in [9.17, 15) is 0 Å². The summed E-state index contributed by atoms with van der Waals surface area (Å²) in [7, 11) is 0. The average Bonchev–Trinajstić information content (AvgIpc) is 2.47. The SMILES string of the molecule is C=C/C=C(/c1cccc2c1=CC=C=C=2)C(C=C)CC. The first kappa shape index (κ1) is 13.2. The van der Waals surface area contributed by atoms with E-state index >= 15 is 0 Å². The first-order chi connectivity index (χ1) is 9.31. The molecule has 19 heavy (non-hydrogen) atoms. The lowest BCUT2D eigenvalue weighted by Crippen LogP contribution is -2.28. The molecule has 1 aliphatic rings. The Balaban J connectivity index is 2.71. The molecular weight excluding hydrogens is 228 g/mol. The van der Waals surface area contributed by atoms with E-state index in [0.29, 0.717) is 5.92 Å². The Morgan fingerprint density at radius 3 is 2.89 bits per heavy atom. The van der Waals surface area contributed by atoms with Gasteiger partial charge >= 0.3 is 0 Å². The minimum atomic E-state index is 0.341. The number of benzene rings is 1. The lowest BCUT2D eigenvalue weighted by molar-refractivity contribution is 0.794. The van der Waals surface area contributed by atoms with Crippen molar-refractivity contribution in [1.29, 1.82) is 0 Å². The summed E-state index contributed by atoms with van der Waals surface area (Å²) in [4.78, 5) is 0. The highest BCUT2D eigenvalue weighted by Crippen LogP contribution is 2.24. The van der Waals surface area contributed by atoms with E-state index in [1.165, 1.54) is 16.4 Å². The van der Waals surface area contributed by atoms with Gasteiger partial charge in [-0.05, 0) is 41.0 Å². The van der Waals surface area contributed by atoms with Crippen molar-refractivity contribution < 1.29 is 0 Å². The third-order valence-electron chi connectivity index (χ3n) is 3.38. The molecule has 1 atom stereocenters. The topological polar surface area (TPSA) is 0 Å². The van der Waals surface area contributed by atoms with Gasteiger partial charge in [0.15, 0.2) is 0 Å². The molecule has 0 spiro atoms. The summed E-state index contributed by atoms with van der Waals surface area (Å²) in [6, 6.07) is 6.28. The van der Waals surface area contributed by atoms with Crippen LogP contribution in [0.3, 0.4) is 0 Å². The van der Waals surface area contributed by atoms with Crippen LogP contribution in [0, 0.1) is 5.92 Å². The molecule has 0 amide bonds. The molecule has 1 aromatic rings. The molecule has 0 fully saturated rings. The zero-order valence-corrected chi connectivity index (χ0v) is 11.3. The molecule has 0 saturated heterocycles. The van der Waals surface area contributed by atoms with E-state index in [-0.39, 0.29) is 0 Å². The van der Waals surface area contributed by atoms with Gasteiger partial charge in [0.05, 0.1) is 0 Å². The zero-order chi connectivity index (χ0) is 13.7. The van der Waals surface area contributed by atoms with Crippen LogP contribution in [0.15, 0.2) is 61.4 Å². The van der Waals surface area contributed by atoms with Gasteiger partial charge in [0.2, 0.25) is 0 Å². The Kier molecular flexibility index (Phi) is 4.21. The molecule has 0 nitrogen and oxygen atoms in total. The molecule has 94 valence electrons. The maximum atomic E-state index is 3.95. The molecule has 2 rings (SSSR count). The van der Waals surface area contributed by atoms with Gasteiger partial charge in [-0.3, -0.25) is 0 Å². The fourth-order valence-electron chi connectivity index (χ4n) is 2.40. The van der Waals surface area contributed by atoms with E-state index in [1.807, 2.05) is 18.2 Å². The normalized spacial score (nSPS) is 14.1. The van der Waals surface area contributed by atoms with Gasteiger partial charge < -0.3 is 0 Å². The van der Waals surface area contributed by atoms with E-state index < -0.39 is 0 Å². The van der Waals surface area contributed by atoms with Gasteiger partial charge in [-0.2, -0.15) is 0 Å². The lowest BCUT2D eigenvalue weighted by atomic mass is 9.88. The lowest BCUT2D eigenvalue weighted by Gasteiger charge is -2.16. The number of allylic oxidation sites excluding steroid dienone is 5. The Labute approximate surface area is 114 Å². The monoisotopic (exact) mass is 246 g/mol. The second kappa shape index (κ2) is 6.07. The molecule has 1 unspecified atom stereocenters. The zero-order valence-electron chi connectivity index (χ0n) is 11.3. The first-order valence-electron chi connectivity index (χ1n) is 6.58. The van der Waals surface area contributed by atoms with Crippen molar-refractivity contribution >= 4 is 17.4 Å². The molecule has 0 heterocycles. The van der Waals surface area contributed by atoms with Crippen LogP contribution < -0.4 is 10.4 Å². The van der Waals surface area contributed by atoms with Gasteiger partial charge in [-0.25, -0.2) is 0 Å². The Morgan fingerprint density at radius 1 is 1.37 bits per heavy atom. The highest BCUT2D eigenvalue weighted by atomic mass is 14.2. The van der Waals surface area contributed by atoms with Crippen molar-refractivity contribution in [1.82, 2.24) is 0 Å². The smallest absolute Gasteiger partial charge is 0.0327 e. The Morgan fingerprint density at radius 2 is 2.21 bits per heavy atom. The second-order valence-electron chi connectivity index (χ2n) is 4.48. The predicted octanol–water partition coefficient (Wildman–Crippen LogP) is 3.35. The minimum Gasteiger partial charge on any atom is -0.102 e. The van der Waals surface area contributed by atoms with Crippen molar-refractivity contribution in [3.63, 3.8) is 0 Å². The second-order valence-corrected chi connectivity index (χ2v) is 4.48. The van der Waals surface area contributed by atoms with Crippen molar-refractivity contribution in [3.05, 3.63) is 77.4 Å². The van der Waals surface area contributed by atoms with E-state index in [2.05, 4.69) is 61.9 Å². The largest absolute Gasteiger partial charge is 0.102 e. The van der Waals surface area contributed by atoms with Gasteiger partial charge in [-0.1, -0.05) is 55.3 Å². The number of rotatable bonds is 5. The van der Waals surface area contributed by atoms with E-state index in [1.54, 1.807) is 0 Å². The summed E-state index contributed by atoms with van der Waals surface area (Å²) in [5.41, 5.74) is 8.66. The Hall–Kier alpha value is -2.26. The standard InChI is InChI=1S/C19H18/c1-4-10-17(15(5-2)6-3)19-14-9-12-16-11-7-8-13-18(16)19/h4-5,8-10,12-15H,1-2,6H2,3H3/b17-10+. The molecule has 0 bridgehead atoms. The van der Waals surface area contributed by atoms with Crippen LogP contribution in [0.25, 0.3) is 17.4 Å². The van der Waals surface area contributed by atoms with Crippen LogP contribution >= 0.6 is 0 Å². The molecular formula is C19H18. The van der Waals surface area contributed by atoms with Crippen molar-refractivity contribution in [2.45, 2.75) is 13.3 Å². The van der Waals surface area contributed by atoms with Crippen LogP contribution in [-0.4, -0.2) is 0 Å². The van der Waals surface area contributed by atoms with Crippen molar-refractivity contribution in [2.24, 2.45) is 5.92 Å². The molecule has 0 saturated carbocycles. The van der Waals surface area contributed by atoms with E-state index in [4.69, 9.17) is 0 Å². The summed E-state index contributed by atoms with van der Waals surface area (Å²) in [6.45, 7) is 9.96. The van der Waals surface area contributed by atoms with Gasteiger partial charge in [0.25, 0.3) is 0 Å². The quantitative estimate of drug-likeness (QED) is 0.424. The molecule has 1 aromatic carbocycles. The molecule has 0 aromatic heterocycles. The molecule has 1 aliphatic carbocycles. The van der Waals surface area contributed by atoms with Gasteiger partial charge in [0, 0.05) is 11.1 Å². The predicted molar refractivity (Wildman–Crippen MR) is 83.8 cm³/mol. The van der Waals surface area contributed by atoms with Gasteiger partial charge in [-0.15, -0.1) is 6.58 Å². The van der Waals surface area contributed by atoms with Gasteiger partial charge in [0.1, 0.15) is 0 Å². The maximum Gasteiger partial charge on any atom is 0.0327 e. The van der Waals surface area contributed by atoms with Crippen LogP contribution in [0.2, 0.25) is 0 Å². The highest BCUT2D eigenvalue weighted by Gasteiger charge is 2.12. The molecule has 0 radical (unpaired) electrons. The van der Waals surface area contributed by atoms with Crippen LogP contribution in [0.5, 0.6) is 0 Å². The number of fused-ring (bicyclic) bond motifs is 1. The average molecular weight is 246 g/mol. The summed E-state index contributed by atoms with van der Waals surface area (Å²) in [5.74, 6) is 0.341. The number of hydrogen-bond acceptors (Lipinski definition) is 0. The summed E-state index contributed by atoms with van der Waals surface area (Å²) in [5, 5.41) is 2.29. The summed E-state index contributed by atoms with van der Waals surface area (Å²) < 4.78 is 0. The molecule has 0 N–H and O–H groups in total. The summed E-state index contributed by atoms with van der Waals surface area (Å²) in [6.07, 6.45) is 11.0. The van der Waals surface area contributed by atoms with Crippen LogP contribution in [-0.2, 0) is 0 Å². The summed E-state index contributed by atoms with van der Waals surface area (Å²) >= 11 is 0. The third kappa shape index (κ3) is 2.61.